The maximum absolute atomic E-state index is 10.9. The number of hydrogen-bond acceptors (Lipinski definition) is 4. The van der Waals surface area contributed by atoms with E-state index >= 15 is 0 Å². The number of nitrogens with one attached hydrogen (secondary N) is 1. The first-order valence-electron chi connectivity index (χ1n) is 5.41. The van der Waals surface area contributed by atoms with E-state index < -0.39 is 4.92 Å². The zero-order valence-electron chi connectivity index (χ0n) is 9.97. The van der Waals surface area contributed by atoms with Gasteiger partial charge in [-0.1, -0.05) is 6.92 Å². The Morgan fingerprint density at radius 3 is 2.59 bits per heavy atom. The van der Waals surface area contributed by atoms with E-state index in [4.69, 9.17) is 4.74 Å². The van der Waals surface area contributed by atoms with Crippen LogP contribution >= 0.6 is 0 Å². The van der Waals surface area contributed by atoms with Crippen LogP contribution < -0.4 is 10.1 Å². The molecule has 0 fully saturated rings. The first-order chi connectivity index (χ1) is 8.19. The normalized spacial score (nSPS) is 11.1. The standard InChI is InChI=1S/C12H16N2O3/c1-3-8-13-9-12(14(15)16)10-4-6-11(17-2)7-5-10/h4-7,9,13H,3,8H2,1-2H3/b12-9-. The molecular formula is C12H16N2O3. The number of benzene rings is 1. The van der Waals surface area contributed by atoms with Crippen molar-refractivity contribution in [2.75, 3.05) is 13.7 Å². The molecule has 0 radical (unpaired) electrons. The average Bonchev–Trinajstić information content (AvgIpc) is 2.34. The summed E-state index contributed by atoms with van der Waals surface area (Å²) in [5, 5.41) is 13.8. The molecular weight excluding hydrogens is 220 g/mol. The second kappa shape index (κ2) is 6.52. The average molecular weight is 236 g/mol. The summed E-state index contributed by atoms with van der Waals surface area (Å²) in [6, 6.07) is 6.74. The lowest BCUT2D eigenvalue weighted by Crippen LogP contribution is -2.09. The molecule has 0 aromatic heterocycles. The summed E-state index contributed by atoms with van der Waals surface area (Å²) in [4.78, 5) is 10.5. The number of methoxy groups -OCH3 is 1. The predicted octanol–water partition coefficient (Wildman–Crippen LogP) is 2.27. The maximum Gasteiger partial charge on any atom is 0.292 e. The molecule has 0 aliphatic rings. The van der Waals surface area contributed by atoms with Crippen LogP contribution in [0.3, 0.4) is 0 Å². The van der Waals surface area contributed by atoms with Gasteiger partial charge in [-0.3, -0.25) is 10.1 Å². The second-order valence-corrected chi connectivity index (χ2v) is 3.47. The molecule has 0 spiro atoms. The molecule has 0 amide bonds. The van der Waals surface area contributed by atoms with E-state index in [9.17, 15) is 10.1 Å². The summed E-state index contributed by atoms with van der Waals surface area (Å²) < 4.78 is 5.00. The van der Waals surface area contributed by atoms with Gasteiger partial charge in [0.1, 0.15) is 5.75 Å². The van der Waals surface area contributed by atoms with E-state index in [1.807, 2.05) is 6.92 Å². The monoisotopic (exact) mass is 236 g/mol. The highest BCUT2D eigenvalue weighted by molar-refractivity contribution is 5.58. The minimum Gasteiger partial charge on any atom is -0.497 e. The van der Waals surface area contributed by atoms with Crippen LogP contribution in [0, 0.1) is 10.1 Å². The van der Waals surface area contributed by atoms with Gasteiger partial charge in [-0.05, 0) is 30.7 Å². The van der Waals surface area contributed by atoms with E-state index in [0.29, 0.717) is 17.9 Å². The molecule has 0 aliphatic heterocycles. The molecule has 1 rings (SSSR count). The summed E-state index contributed by atoms with van der Waals surface area (Å²) >= 11 is 0. The van der Waals surface area contributed by atoms with Crippen molar-refractivity contribution in [3.05, 3.63) is 46.1 Å². The summed E-state index contributed by atoms with van der Waals surface area (Å²) in [5.41, 5.74) is 0.612. The molecule has 0 unspecified atom stereocenters. The molecule has 92 valence electrons. The third-order valence-corrected chi connectivity index (χ3v) is 2.22. The van der Waals surface area contributed by atoms with Crippen LogP contribution in [0.4, 0.5) is 0 Å². The SMILES string of the molecule is CCCN/C=C(/c1ccc(OC)cc1)[N+](=O)[O-]. The van der Waals surface area contributed by atoms with E-state index in [1.165, 1.54) is 6.20 Å². The van der Waals surface area contributed by atoms with Crippen LogP contribution in [-0.2, 0) is 0 Å². The largest absolute Gasteiger partial charge is 0.497 e. The molecule has 1 N–H and O–H groups in total. The molecule has 17 heavy (non-hydrogen) atoms. The summed E-state index contributed by atoms with van der Waals surface area (Å²) in [7, 11) is 1.56. The van der Waals surface area contributed by atoms with Crippen molar-refractivity contribution in [1.82, 2.24) is 5.32 Å². The number of nitrogens with zero attached hydrogens (tertiary/aromatic N) is 1. The van der Waals surface area contributed by atoms with Crippen LogP contribution in [0.2, 0.25) is 0 Å². The van der Waals surface area contributed by atoms with Gasteiger partial charge in [0.15, 0.2) is 0 Å². The lowest BCUT2D eigenvalue weighted by Gasteiger charge is -2.02. The molecule has 5 nitrogen and oxygen atoms in total. The van der Waals surface area contributed by atoms with Crippen molar-refractivity contribution in [3.8, 4) is 5.75 Å². The highest BCUT2D eigenvalue weighted by Gasteiger charge is 2.13. The van der Waals surface area contributed by atoms with E-state index in [1.54, 1.807) is 31.4 Å². The Kier molecular flexibility index (Phi) is 5.00. The van der Waals surface area contributed by atoms with Crippen LogP contribution in [0.1, 0.15) is 18.9 Å². The van der Waals surface area contributed by atoms with Gasteiger partial charge >= 0.3 is 0 Å². The van der Waals surface area contributed by atoms with Gasteiger partial charge in [0.2, 0.25) is 0 Å². The first-order valence-corrected chi connectivity index (χ1v) is 5.41. The highest BCUT2D eigenvalue weighted by atomic mass is 16.6. The van der Waals surface area contributed by atoms with E-state index in [-0.39, 0.29) is 5.70 Å². The minimum atomic E-state index is -0.398. The van der Waals surface area contributed by atoms with Gasteiger partial charge in [0, 0.05) is 6.54 Å². The topological polar surface area (TPSA) is 64.4 Å². The molecule has 1 aromatic rings. The summed E-state index contributed by atoms with van der Waals surface area (Å²) in [6.45, 7) is 2.72. The van der Waals surface area contributed by atoms with Crippen molar-refractivity contribution in [3.63, 3.8) is 0 Å². The Morgan fingerprint density at radius 2 is 2.12 bits per heavy atom. The van der Waals surface area contributed by atoms with Crippen LogP contribution in [-0.4, -0.2) is 18.6 Å². The van der Waals surface area contributed by atoms with Gasteiger partial charge in [0.25, 0.3) is 5.70 Å². The molecule has 0 saturated carbocycles. The predicted molar refractivity (Wildman–Crippen MR) is 66.3 cm³/mol. The fourth-order valence-corrected chi connectivity index (χ4v) is 1.32. The van der Waals surface area contributed by atoms with Crippen molar-refractivity contribution < 1.29 is 9.66 Å². The number of rotatable bonds is 6. The number of ether oxygens (including phenoxy) is 1. The van der Waals surface area contributed by atoms with Crippen molar-refractivity contribution in [2.45, 2.75) is 13.3 Å². The zero-order valence-corrected chi connectivity index (χ0v) is 9.97. The molecule has 0 saturated heterocycles. The molecule has 0 aliphatic carbocycles. The van der Waals surface area contributed by atoms with Gasteiger partial charge in [0.05, 0.1) is 23.8 Å². The van der Waals surface area contributed by atoms with Crippen molar-refractivity contribution >= 4 is 5.70 Å². The van der Waals surface area contributed by atoms with E-state index in [0.717, 1.165) is 6.42 Å². The summed E-state index contributed by atoms with van der Waals surface area (Å²) in [5.74, 6) is 0.679. The van der Waals surface area contributed by atoms with Gasteiger partial charge in [-0.15, -0.1) is 0 Å². The van der Waals surface area contributed by atoms with Crippen LogP contribution in [0.15, 0.2) is 30.5 Å². The zero-order chi connectivity index (χ0) is 12.7. The van der Waals surface area contributed by atoms with Crippen LogP contribution in [0.25, 0.3) is 5.70 Å². The molecule has 0 bridgehead atoms. The third-order valence-electron chi connectivity index (χ3n) is 2.22. The second-order valence-electron chi connectivity index (χ2n) is 3.47. The Morgan fingerprint density at radius 1 is 1.47 bits per heavy atom. The van der Waals surface area contributed by atoms with E-state index in [2.05, 4.69) is 5.32 Å². The smallest absolute Gasteiger partial charge is 0.292 e. The fraction of sp³-hybridized carbons (Fsp3) is 0.333. The molecule has 0 heterocycles. The van der Waals surface area contributed by atoms with Crippen molar-refractivity contribution in [1.29, 1.82) is 0 Å². The maximum atomic E-state index is 10.9. The fourth-order valence-electron chi connectivity index (χ4n) is 1.32. The molecule has 5 heteroatoms. The molecule has 1 aromatic carbocycles. The lowest BCUT2D eigenvalue weighted by molar-refractivity contribution is -0.375. The molecule has 0 atom stereocenters. The minimum absolute atomic E-state index is 0.0566. The highest BCUT2D eigenvalue weighted by Crippen LogP contribution is 2.18. The Bertz CT molecular complexity index is 399. The first kappa shape index (κ1) is 13.0. The van der Waals surface area contributed by atoms with Crippen LogP contribution in [0.5, 0.6) is 5.75 Å². The Hall–Kier alpha value is -2.04. The quantitative estimate of drug-likeness (QED) is 0.467. The number of hydrogen-bond donors (Lipinski definition) is 1. The lowest BCUT2D eigenvalue weighted by atomic mass is 10.1. The van der Waals surface area contributed by atoms with Gasteiger partial charge < -0.3 is 10.1 Å². The van der Waals surface area contributed by atoms with Gasteiger partial charge in [-0.25, -0.2) is 0 Å². The van der Waals surface area contributed by atoms with Gasteiger partial charge in [-0.2, -0.15) is 0 Å². The Balaban J connectivity index is 2.89. The summed E-state index contributed by atoms with van der Waals surface area (Å²) in [6.07, 6.45) is 2.36. The number of nitro groups is 1. The third kappa shape index (κ3) is 3.79. The Labute approximate surface area is 100 Å². The van der Waals surface area contributed by atoms with Crippen molar-refractivity contribution in [2.24, 2.45) is 0 Å².